The van der Waals surface area contributed by atoms with Crippen LogP contribution in [0.3, 0.4) is 0 Å². The number of nitrogens with zero attached hydrogens (tertiary/aromatic N) is 1. The molecule has 0 aliphatic carbocycles. The van der Waals surface area contributed by atoms with Crippen LogP contribution in [0.5, 0.6) is 0 Å². The van der Waals surface area contributed by atoms with Crippen LogP contribution in [0, 0.1) is 5.92 Å². The first-order chi connectivity index (χ1) is 7.77. The largest absolute Gasteiger partial charge is 0.392 e. The Bertz CT molecular complexity index is 497. The fourth-order valence-electron chi connectivity index (χ4n) is 1.85. The van der Waals surface area contributed by atoms with Crippen molar-refractivity contribution in [3.8, 4) is 0 Å². The van der Waals surface area contributed by atoms with Crippen LogP contribution in [0.25, 0.3) is 0 Å². The second-order valence-corrected chi connectivity index (χ2v) is 4.49. The molecule has 16 heavy (non-hydrogen) atoms. The van der Waals surface area contributed by atoms with Gasteiger partial charge < -0.3 is 4.74 Å². The van der Waals surface area contributed by atoms with E-state index in [1.807, 2.05) is 30.3 Å². The molecule has 3 rings (SSSR count). The molecule has 2 aliphatic heterocycles. The zero-order chi connectivity index (χ0) is 11.1. The molecule has 1 aromatic carbocycles. The van der Waals surface area contributed by atoms with Gasteiger partial charge in [0.15, 0.2) is 0 Å². The van der Waals surface area contributed by atoms with Gasteiger partial charge in [0.1, 0.15) is 11.2 Å². The quantitative estimate of drug-likeness (QED) is 0.415. The predicted octanol–water partition coefficient (Wildman–Crippen LogP) is 1.21. The average molecular weight is 233 g/mol. The van der Waals surface area contributed by atoms with Gasteiger partial charge in [-0.1, -0.05) is 30.3 Å². The molecule has 2 heterocycles. The van der Waals surface area contributed by atoms with E-state index in [9.17, 15) is 9.59 Å². The van der Waals surface area contributed by atoms with Gasteiger partial charge in [-0.25, -0.2) is 4.40 Å². The minimum Gasteiger partial charge on any atom is -0.392 e. The molecule has 80 valence electrons. The van der Waals surface area contributed by atoms with Crippen LogP contribution >= 0.6 is 11.9 Å². The first kappa shape index (κ1) is 9.59. The van der Waals surface area contributed by atoms with Crippen LogP contribution in [-0.4, -0.2) is 22.9 Å². The average Bonchev–Trinajstić information content (AvgIpc) is 2.84. The summed E-state index contributed by atoms with van der Waals surface area (Å²) in [4.78, 5) is 22.8. The fraction of sp³-hybridized carbons (Fsp3) is 0.182. The van der Waals surface area contributed by atoms with Gasteiger partial charge in [0.05, 0.1) is 5.71 Å². The fourth-order valence-corrected chi connectivity index (χ4v) is 2.79. The number of esters is 2. The number of fused-ring (bicyclic) bond motifs is 1. The lowest BCUT2D eigenvalue weighted by Crippen LogP contribution is -2.24. The lowest BCUT2D eigenvalue weighted by molar-refractivity contribution is -0.152. The highest BCUT2D eigenvalue weighted by molar-refractivity contribution is 8.00. The molecule has 5 heteroatoms. The maximum Gasteiger partial charge on any atom is 0.329 e. The third-order valence-electron chi connectivity index (χ3n) is 2.62. The first-order valence-corrected chi connectivity index (χ1v) is 5.65. The summed E-state index contributed by atoms with van der Waals surface area (Å²) in [7, 11) is 0. The highest BCUT2D eigenvalue weighted by Gasteiger charge is 2.51. The van der Waals surface area contributed by atoms with Crippen LogP contribution in [0.1, 0.15) is 5.56 Å². The van der Waals surface area contributed by atoms with Crippen molar-refractivity contribution in [3.05, 3.63) is 35.9 Å². The summed E-state index contributed by atoms with van der Waals surface area (Å²) in [6, 6.07) is 9.38. The monoisotopic (exact) mass is 233 g/mol. The Labute approximate surface area is 95.8 Å². The number of carbonyl (C=O) groups is 2. The third-order valence-corrected chi connectivity index (χ3v) is 3.61. The summed E-state index contributed by atoms with van der Waals surface area (Å²) in [6.45, 7) is 0. The van der Waals surface area contributed by atoms with Gasteiger partial charge in [0.25, 0.3) is 0 Å². The Kier molecular flexibility index (Phi) is 2.07. The smallest absolute Gasteiger partial charge is 0.329 e. The topological polar surface area (TPSA) is 55.7 Å². The van der Waals surface area contributed by atoms with E-state index in [-0.39, 0.29) is 0 Å². The van der Waals surface area contributed by atoms with Gasteiger partial charge in [0.2, 0.25) is 0 Å². The van der Waals surface area contributed by atoms with Crippen molar-refractivity contribution in [2.45, 2.75) is 5.25 Å². The summed E-state index contributed by atoms with van der Waals surface area (Å²) >= 11 is 1.12. The molecule has 0 N–H and O–H groups in total. The Morgan fingerprint density at radius 2 is 1.88 bits per heavy atom. The zero-order valence-electron chi connectivity index (χ0n) is 8.12. The first-order valence-electron chi connectivity index (χ1n) is 4.82. The lowest BCUT2D eigenvalue weighted by atomic mass is 9.95. The molecule has 0 aromatic heterocycles. The molecule has 0 saturated carbocycles. The minimum atomic E-state index is -0.528. The van der Waals surface area contributed by atoms with Crippen LogP contribution in [-0.2, 0) is 14.3 Å². The standard InChI is InChI=1S/C11H7NO3S/c13-10-7-8(6-4-2-1-3-5-6)12-16-9(7)11(14)15-10/h1-5,7,9H/t7-,9+/m1/s1. The number of hydrogen-bond acceptors (Lipinski definition) is 5. The van der Waals surface area contributed by atoms with Crippen molar-refractivity contribution in [2.75, 3.05) is 0 Å². The Balaban J connectivity index is 2.00. The van der Waals surface area contributed by atoms with Gasteiger partial charge >= 0.3 is 11.9 Å². The molecule has 1 aromatic rings. The van der Waals surface area contributed by atoms with Crippen molar-refractivity contribution in [3.63, 3.8) is 0 Å². The SMILES string of the molecule is O=C1OC(=O)[C@H]2SN=C(c3ccccc3)[C@@H]12. The molecule has 0 amide bonds. The maximum absolute atomic E-state index is 11.5. The van der Waals surface area contributed by atoms with Crippen LogP contribution in [0.2, 0.25) is 0 Å². The lowest BCUT2D eigenvalue weighted by Gasteiger charge is -2.05. The van der Waals surface area contributed by atoms with Crippen molar-refractivity contribution in [1.29, 1.82) is 0 Å². The van der Waals surface area contributed by atoms with Crippen molar-refractivity contribution in [1.82, 2.24) is 0 Å². The second kappa shape index (κ2) is 3.45. The third kappa shape index (κ3) is 1.28. The summed E-state index contributed by atoms with van der Waals surface area (Å²) in [5, 5.41) is -0.484. The zero-order valence-corrected chi connectivity index (χ0v) is 8.94. The highest BCUT2D eigenvalue weighted by Crippen LogP contribution is 2.38. The number of ether oxygens (including phenoxy) is 1. The Morgan fingerprint density at radius 3 is 2.62 bits per heavy atom. The van der Waals surface area contributed by atoms with Gasteiger partial charge in [0, 0.05) is 0 Å². The van der Waals surface area contributed by atoms with E-state index < -0.39 is 23.1 Å². The number of rotatable bonds is 1. The number of cyclic esters (lactones) is 2. The van der Waals surface area contributed by atoms with Gasteiger partial charge in [-0.2, -0.15) is 0 Å². The molecule has 4 nitrogen and oxygen atoms in total. The molecule has 2 atom stereocenters. The van der Waals surface area contributed by atoms with Crippen molar-refractivity contribution >= 4 is 29.6 Å². The number of benzene rings is 1. The van der Waals surface area contributed by atoms with E-state index in [2.05, 4.69) is 9.13 Å². The van der Waals surface area contributed by atoms with E-state index in [1.54, 1.807) is 0 Å². The maximum atomic E-state index is 11.5. The summed E-state index contributed by atoms with van der Waals surface area (Å²) in [6.07, 6.45) is 0. The summed E-state index contributed by atoms with van der Waals surface area (Å²) in [5.74, 6) is -1.49. The van der Waals surface area contributed by atoms with Gasteiger partial charge in [-0.3, -0.25) is 9.59 Å². The molecule has 1 fully saturated rings. The Morgan fingerprint density at radius 1 is 1.12 bits per heavy atom. The van der Waals surface area contributed by atoms with Gasteiger partial charge in [-0.05, 0) is 17.5 Å². The number of hydrogen-bond donors (Lipinski definition) is 0. The summed E-state index contributed by atoms with van der Waals surface area (Å²) in [5.41, 5.74) is 1.51. The molecule has 0 unspecified atom stereocenters. The van der Waals surface area contributed by atoms with E-state index in [1.165, 1.54) is 0 Å². The normalized spacial score (nSPS) is 27.6. The van der Waals surface area contributed by atoms with E-state index in [0.29, 0.717) is 5.71 Å². The molecule has 0 bridgehead atoms. The molecular weight excluding hydrogens is 226 g/mol. The van der Waals surface area contributed by atoms with E-state index >= 15 is 0 Å². The molecule has 0 spiro atoms. The predicted molar refractivity (Wildman–Crippen MR) is 58.9 cm³/mol. The summed E-state index contributed by atoms with van der Waals surface area (Å²) < 4.78 is 8.80. The second-order valence-electron chi connectivity index (χ2n) is 3.59. The van der Waals surface area contributed by atoms with Crippen molar-refractivity contribution < 1.29 is 14.3 Å². The molecular formula is C11H7NO3S. The number of carbonyl (C=O) groups excluding carboxylic acids is 2. The van der Waals surface area contributed by atoms with E-state index in [4.69, 9.17) is 0 Å². The van der Waals surface area contributed by atoms with Gasteiger partial charge in [-0.15, -0.1) is 0 Å². The molecule has 0 radical (unpaired) electrons. The van der Waals surface area contributed by atoms with E-state index in [0.717, 1.165) is 17.5 Å². The van der Waals surface area contributed by atoms with Crippen molar-refractivity contribution in [2.24, 2.45) is 10.3 Å². The highest BCUT2D eigenvalue weighted by atomic mass is 32.2. The molecule has 2 aliphatic rings. The minimum absolute atomic E-state index is 0.477. The molecule has 1 saturated heterocycles. The van der Waals surface area contributed by atoms with Crippen LogP contribution in [0.15, 0.2) is 34.7 Å². The Hall–Kier alpha value is -1.62. The van der Waals surface area contributed by atoms with Crippen LogP contribution < -0.4 is 0 Å². The van der Waals surface area contributed by atoms with Crippen LogP contribution in [0.4, 0.5) is 0 Å².